The SMILES string of the molecule is CC(C)(N)C(=O)N[C@H](COCc1ccccc1)c1nnc2cc(C(F)(F)F)cc(Cl)n12. The van der Waals surface area contributed by atoms with Crippen LogP contribution < -0.4 is 11.1 Å². The molecule has 0 aliphatic heterocycles. The van der Waals surface area contributed by atoms with Crippen molar-refractivity contribution in [1.82, 2.24) is 19.9 Å². The smallest absolute Gasteiger partial charge is 0.374 e. The summed E-state index contributed by atoms with van der Waals surface area (Å²) in [7, 11) is 0. The molecule has 0 aliphatic carbocycles. The van der Waals surface area contributed by atoms with E-state index in [0.717, 1.165) is 17.7 Å². The van der Waals surface area contributed by atoms with E-state index in [1.54, 1.807) is 0 Å². The second-order valence-corrected chi connectivity index (χ2v) is 7.95. The van der Waals surface area contributed by atoms with Gasteiger partial charge in [0.1, 0.15) is 11.2 Å². The molecule has 11 heteroatoms. The predicted octanol–water partition coefficient (Wildman–Crippen LogP) is 3.51. The lowest BCUT2D eigenvalue weighted by atomic mass is 10.1. The van der Waals surface area contributed by atoms with E-state index in [0.29, 0.717) is 0 Å². The lowest BCUT2D eigenvalue weighted by Crippen LogP contribution is -2.51. The minimum absolute atomic E-state index is 0.0329. The number of carbonyl (C=O) groups excluding carboxylic acids is 1. The third-order valence-corrected chi connectivity index (χ3v) is 4.69. The van der Waals surface area contributed by atoms with E-state index in [9.17, 15) is 18.0 Å². The summed E-state index contributed by atoms with van der Waals surface area (Å²) in [5, 5.41) is 10.2. The summed E-state index contributed by atoms with van der Waals surface area (Å²) in [6.45, 7) is 3.26. The van der Waals surface area contributed by atoms with Gasteiger partial charge in [0.15, 0.2) is 11.5 Å². The molecule has 1 amide bonds. The van der Waals surface area contributed by atoms with Crippen LogP contribution in [0.4, 0.5) is 13.2 Å². The second-order valence-electron chi connectivity index (χ2n) is 7.56. The molecule has 7 nitrogen and oxygen atoms in total. The van der Waals surface area contributed by atoms with E-state index < -0.39 is 29.2 Å². The Morgan fingerprint density at radius 2 is 1.90 bits per heavy atom. The number of rotatable bonds is 7. The van der Waals surface area contributed by atoms with Crippen LogP contribution in [0.2, 0.25) is 5.15 Å². The Labute approximate surface area is 181 Å². The van der Waals surface area contributed by atoms with Crippen LogP contribution in [0.3, 0.4) is 0 Å². The molecule has 1 atom stereocenters. The Balaban J connectivity index is 1.92. The standard InChI is InChI=1S/C20H21ClF3N5O2/c1-19(2,25)18(30)26-14(11-31-10-12-6-4-3-5-7-12)17-28-27-16-9-13(20(22,23)24)8-15(21)29(16)17/h3-9,14H,10-11,25H2,1-2H3,(H,26,30)/t14-/m1/s1. The molecule has 166 valence electrons. The summed E-state index contributed by atoms with van der Waals surface area (Å²) in [5.41, 5.74) is 4.51. The number of hydrogen-bond donors (Lipinski definition) is 2. The maximum atomic E-state index is 13.1. The van der Waals surface area contributed by atoms with Gasteiger partial charge in [-0.1, -0.05) is 41.9 Å². The van der Waals surface area contributed by atoms with Crippen LogP contribution in [0, 0.1) is 0 Å². The highest BCUT2D eigenvalue weighted by atomic mass is 35.5. The Morgan fingerprint density at radius 1 is 1.23 bits per heavy atom. The summed E-state index contributed by atoms with van der Waals surface area (Å²) >= 11 is 6.12. The number of aromatic nitrogens is 3. The number of carbonyl (C=O) groups is 1. The lowest BCUT2D eigenvalue weighted by molar-refractivity contribution is -0.137. The number of fused-ring (bicyclic) bond motifs is 1. The predicted molar refractivity (Wildman–Crippen MR) is 108 cm³/mol. The second kappa shape index (κ2) is 8.81. The van der Waals surface area contributed by atoms with Crippen molar-refractivity contribution in [2.75, 3.05) is 6.61 Å². The van der Waals surface area contributed by atoms with Gasteiger partial charge in [-0.25, -0.2) is 0 Å². The molecule has 0 aliphatic rings. The van der Waals surface area contributed by atoms with Crippen molar-refractivity contribution < 1.29 is 22.7 Å². The van der Waals surface area contributed by atoms with Gasteiger partial charge in [0.2, 0.25) is 5.91 Å². The third-order valence-electron chi connectivity index (χ3n) is 4.41. The summed E-state index contributed by atoms with van der Waals surface area (Å²) in [5.74, 6) is -0.375. The van der Waals surface area contributed by atoms with E-state index >= 15 is 0 Å². The summed E-state index contributed by atoms with van der Waals surface area (Å²) < 4.78 is 46.2. The molecule has 0 spiro atoms. The van der Waals surface area contributed by atoms with Gasteiger partial charge in [-0.2, -0.15) is 13.2 Å². The van der Waals surface area contributed by atoms with Gasteiger partial charge in [0, 0.05) is 0 Å². The van der Waals surface area contributed by atoms with Crippen molar-refractivity contribution >= 4 is 23.2 Å². The average Bonchev–Trinajstić information content (AvgIpc) is 3.11. The third kappa shape index (κ3) is 5.52. The molecular formula is C20H21ClF3N5O2. The zero-order chi connectivity index (χ0) is 22.8. The highest BCUT2D eigenvalue weighted by Crippen LogP contribution is 2.32. The van der Waals surface area contributed by atoms with Gasteiger partial charge in [0.05, 0.1) is 24.3 Å². The Morgan fingerprint density at radius 3 is 2.52 bits per heavy atom. The topological polar surface area (TPSA) is 94.5 Å². The Bertz CT molecular complexity index is 1060. The first-order valence-corrected chi connectivity index (χ1v) is 9.68. The Kier molecular flexibility index (Phi) is 6.54. The molecule has 0 saturated carbocycles. The fourth-order valence-corrected chi connectivity index (χ4v) is 3.07. The van der Waals surface area contributed by atoms with Crippen LogP contribution in [-0.2, 0) is 22.3 Å². The number of ether oxygens (including phenoxy) is 1. The van der Waals surface area contributed by atoms with Crippen LogP contribution in [0.15, 0.2) is 42.5 Å². The van der Waals surface area contributed by atoms with Crippen LogP contribution in [0.1, 0.15) is 36.8 Å². The zero-order valence-corrected chi connectivity index (χ0v) is 17.5. The quantitative estimate of drug-likeness (QED) is 0.532. The minimum Gasteiger partial charge on any atom is -0.374 e. The maximum absolute atomic E-state index is 13.1. The van der Waals surface area contributed by atoms with Crippen LogP contribution in [0.25, 0.3) is 5.65 Å². The van der Waals surface area contributed by atoms with Crippen molar-refractivity contribution in [3.8, 4) is 0 Å². The first kappa shape index (κ1) is 23.0. The van der Waals surface area contributed by atoms with Gasteiger partial charge in [-0.15, -0.1) is 10.2 Å². The molecule has 2 heterocycles. The molecule has 2 aromatic heterocycles. The van der Waals surface area contributed by atoms with Crippen LogP contribution in [-0.4, -0.2) is 32.7 Å². The molecule has 1 aromatic carbocycles. The number of alkyl halides is 3. The number of pyridine rings is 1. The van der Waals surface area contributed by atoms with Crippen LogP contribution in [0.5, 0.6) is 0 Å². The minimum atomic E-state index is -4.59. The molecule has 31 heavy (non-hydrogen) atoms. The maximum Gasteiger partial charge on any atom is 0.416 e. The largest absolute Gasteiger partial charge is 0.416 e. The number of nitrogens with zero attached hydrogens (tertiary/aromatic N) is 3. The van der Waals surface area contributed by atoms with Gasteiger partial charge in [0.25, 0.3) is 0 Å². The van der Waals surface area contributed by atoms with E-state index in [1.807, 2.05) is 30.3 Å². The molecule has 0 unspecified atom stereocenters. The van der Waals surface area contributed by atoms with Crippen LogP contribution >= 0.6 is 11.6 Å². The first-order chi connectivity index (χ1) is 14.5. The molecule has 3 aromatic rings. The summed E-state index contributed by atoms with van der Waals surface area (Å²) in [4.78, 5) is 12.5. The Hall–Kier alpha value is -2.69. The van der Waals surface area contributed by atoms with Crippen molar-refractivity contribution in [2.45, 2.75) is 38.2 Å². The average molecular weight is 456 g/mol. The molecular weight excluding hydrogens is 435 g/mol. The van der Waals surface area contributed by atoms with Gasteiger partial charge in [-0.3, -0.25) is 9.20 Å². The monoisotopic (exact) mass is 455 g/mol. The number of halogens is 4. The number of nitrogens with one attached hydrogen (secondary N) is 1. The molecule has 3 N–H and O–H groups in total. The number of amides is 1. The fourth-order valence-electron chi connectivity index (χ4n) is 2.78. The highest BCUT2D eigenvalue weighted by Gasteiger charge is 2.33. The summed E-state index contributed by atoms with van der Waals surface area (Å²) in [6, 6.07) is 10.1. The first-order valence-electron chi connectivity index (χ1n) is 9.30. The van der Waals surface area contributed by atoms with Gasteiger partial charge < -0.3 is 15.8 Å². The molecule has 0 radical (unpaired) electrons. The van der Waals surface area contributed by atoms with Crippen molar-refractivity contribution in [3.05, 3.63) is 64.6 Å². The summed E-state index contributed by atoms with van der Waals surface area (Å²) in [6.07, 6.45) is -4.59. The van der Waals surface area contributed by atoms with E-state index in [2.05, 4.69) is 15.5 Å². The normalized spacial score (nSPS) is 13.4. The lowest BCUT2D eigenvalue weighted by Gasteiger charge is -2.23. The molecule has 3 rings (SSSR count). The number of benzene rings is 1. The molecule has 0 saturated heterocycles. The van der Waals surface area contributed by atoms with E-state index in [-0.39, 0.29) is 29.8 Å². The van der Waals surface area contributed by atoms with E-state index in [4.69, 9.17) is 22.1 Å². The van der Waals surface area contributed by atoms with Crippen molar-refractivity contribution in [1.29, 1.82) is 0 Å². The molecule has 0 fully saturated rings. The van der Waals surface area contributed by atoms with Gasteiger partial charge >= 0.3 is 6.18 Å². The zero-order valence-electron chi connectivity index (χ0n) is 16.8. The number of nitrogens with two attached hydrogens (primary N) is 1. The van der Waals surface area contributed by atoms with Crippen molar-refractivity contribution in [3.63, 3.8) is 0 Å². The van der Waals surface area contributed by atoms with E-state index in [1.165, 1.54) is 18.2 Å². The van der Waals surface area contributed by atoms with Gasteiger partial charge in [-0.05, 0) is 31.5 Å². The fraction of sp³-hybridized carbons (Fsp3) is 0.350. The number of hydrogen-bond acceptors (Lipinski definition) is 5. The van der Waals surface area contributed by atoms with Crippen molar-refractivity contribution in [2.24, 2.45) is 5.73 Å². The highest BCUT2D eigenvalue weighted by molar-refractivity contribution is 6.29. The molecule has 0 bridgehead atoms.